The first kappa shape index (κ1) is 47.1. The van der Waals surface area contributed by atoms with Gasteiger partial charge in [0.15, 0.2) is 12.6 Å². The fourth-order valence-corrected chi connectivity index (χ4v) is 9.02. The molecule has 3 aliphatic rings. The fraction of sp³-hybridized carbons (Fsp3) is 0.925. The van der Waals surface area contributed by atoms with Gasteiger partial charge in [-0.1, -0.05) is 26.8 Å². The molecule has 14 nitrogen and oxygen atoms in total. The van der Waals surface area contributed by atoms with E-state index in [1.54, 1.807) is 47.6 Å². The standard InChI is InChI=1S/C40H74N2O12/c1-15-17-40(48)27(8)51-30(20-38(40,10)49-14)53-32-24(5)34(54-36-31(43)28(42(12)13)18-23(4)50-36)37(9,46)19-22(3)21-41-26(7)33(44)39(11,47)29(16-2)52-35(45)25(32)6/h15,22-34,36,41,43-44,46-48H,1,16-21H2,2-14H3/t22-,23-,24+,25-,26-,27+,28+,29?,30+,31-,32+,33-,34-,36+,37-,38-,39-,40-/m1/s1. The summed E-state index contributed by atoms with van der Waals surface area (Å²) < 4.78 is 38.0. The lowest BCUT2D eigenvalue weighted by atomic mass is 9.73. The first-order valence-electron chi connectivity index (χ1n) is 19.8. The highest BCUT2D eigenvalue weighted by Crippen LogP contribution is 2.44. The molecule has 0 aromatic rings. The molecule has 0 spiro atoms. The van der Waals surface area contributed by atoms with Crippen LogP contribution in [0.2, 0.25) is 0 Å². The van der Waals surface area contributed by atoms with Crippen molar-refractivity contribution < 1.29 is 58.7 Å². The predicted molar refractivity (Wildman–Crippen MR) is 203 cm³/mol. The molecule has 316 valence electrons. The number of nitrogens with zero attached hydrogens (tertiary/aromatic N) is 1. The van der Waals surface area contributed by atoms with Crippen molar-refractivity contribution in [2.75, 3.05) is 27.7 Å². The third-order valence-electron chi connectivity index (χ3n) is 12.6. The van der Waals surface area contributed by atoms with Gasteiger partial charge in [-0.2, -0.15) is 0 Å². The van der Waals surface area contributed by atoms with E-state index >= 15 is 0 Å². The molecule has 54 heavy (non-hydrogen) atoms. The Hall–Kier alpha value is -1.27. The number of esters is 1. The summed E-state index contributed by atoms with van der Waals surface area (Å²) in [6, 6.07) is -0.879. The molecule has 6 N–H and O–H groups in total. The number of cyclic esters (lactones) is 1. The second-order valence-corrected chi connectivity index (χ2v) is 17.5. The van der Waals surface area contributed by atoms with Gasteiger partial charge in [-0.15, -0.1) is 6.58 Å². The molecule has 0 aromatic carbocycles. The van der Waals surface area contributed by atoms with Gasteiger partial charge >= 0.3 is 5.97 Å². The minimum absolute atomic E-state index is 0.0800. The molecule has 0 saturated carbocycles. The lowest BCUT2D eigenvalue weighted by molar-refractivity contribution is -0.337. The van der Waals surface area contributed by atoms with Crippen LogP contribution in [0.3, 0.4) is 0 Å². The summed E-state index contributed by atoms with van der Waals surface area (Å²) in [5.74, 6) is -2.68. The molecule has 14 heteroatoms. The fourth-order valence-electron chi connectivity index (χ4n) is 9.02. The van der Waals surface area contributed by atoms with E-state index in [2.05, 4.69) is 11.9 Å². The molecule has 0 radical (unpaired) electrons. The highest BCUT2D eigenvalue weighted by Gasteiger charge is 2.58. The van der Waals surface area contributed by atoms with Gasteiger partial charge < -0.3 is 64.2 Å². The van der Waals surface area contributed by atoms with E-state index in [9.17, 15) is 30.3 Å². The van der Waals surface area contributed by atoms with Gasteiger partial charge in [0.25, 0.3) is 0 Å². The van der Waals surface area contributed by atoms with Crippen LogP contribution in [0, 0.1) is 17.8 Å². The number of carbonyl (C=O) groups is 1. The average Bonchev–Trinajstić information content (AvgIpc) is 3.09. The Morgan fingerprint density at radius 1 is 1.00 bits per heavy atom. The maximum absolute atomic E-state index is 14.3. The lowest BCUT2D eigenvalue weighted by Gasteiger charge is -2.53. The number of nitrogens with one attached hydrogen (secondary N) is 1. The van der Waals surface area contributed by atoms with Crippen molar-refractivity contribution in [3.05, 3.63) is 12.7 Å². The van der Waals surface area contributed by atoms with E-state index in [1.807, 2.05) is 39.8 Å². The largest absolute Gasteiger partial charge is 0.459 e. The minimum atomic E-state index is -1.81. The van der Waals surface area contributed by atoms with Crippen LogP contribution in [-0.4, -0.2) is 154 Å². The normalized spacial score (nSPS) is 49.1. The van der Waals surface area contributed by atoms with Crippen LogP contribution < -0.4 is 5.32 Å². The van der Waals surface area contributed by atoms with E-state index < -0.39 is 95.5 Å². The maximum atomic E-state index is 14.3. The predicted octanol–water partition coefficient (Wildman–Crippen LogP) is 2.50. The molecule has 0 amide bonds. The topological polar surface area (TPSA) is 189 Å². The van der Waals surface area contributed by atoms with Gasteiger partial charge in [0, 0.05) is 31.5 Å². The second kappa shape index (κ2) is 18.5. The highest BCUT2D eigenvalue weighted by molar-refractivity contribution is 5.73. The third-order valence-corrected chi connectivity index (χ3v) is 12.6. The van der Waals surface area contributed by atoms with E-state index in [1.165, 1.54) is 14.0 Å². The molecular weight excluding hydrogens is 700 g/mol. The van der Waals surface area contributed by atoms with Gasteiger partial charge in [-0.3, -0.25) is 4.79 Å². The Labute approximate surface area is 323 Å². The van der Waals surface area contributed by atoms with Crippen molar-refractivity contribution in [2.45, 2.75) is 191 Å². The first-order valence-corrected chi connectivity index (χ1v) is 19.8. The summed E-state index contributed by atoms with van der Waals surface area (Å²) >= 11 is 0. The molecule has 3 fully saturated rings. The zero-order valence-electron chi connectivity index (χ0n) is 35.2. The van der Waals surface area contributed by atoms with Crippen molar-refractivity contribution in [3.63, 3.8) is 0 Å². The van der Waals surface area contributed by atoms with Gasteiger partial charge in [-0.25, -0.2) is 0 Å². The number of likely N-dealkylation sites (N-methyl/N-ethyl adjacent to an activating group) is 1. The zero-order valence-corrected chi connectivity index (χ0v) is 35.2. The molecule has 0 aromatic heterocycles. The van der Waals surface area contributed by atoms with Crippen molar-refractivity contribution >= 4 is 5.97 Å². The summed E-state index contributed by atoms with van der Waals surface area (Å²) in [7, 11) is 5.27. The van der Waals surface area contributed by atoms with Crippen LogP contribution in [0.1, 0.15) is 101 Å². The number of rotatable bonds is 9. The van der Waals surface area contributed by atoms with Crippen LogP contribution >= 0.6 is 0 Å². The SMILES string of the molecule is C=CC[C@@]1(O)[C@H](C)O[C@@H](O[C@H]2[C@H](C)[C@@H](O[C@@H]3O[C@H](C)C[C@H](N(C)C)[C@H]3O)[C@](C)(O)C[C@@H](C)CN[C@H](C)[C@@H](O)[C@](C)(O)C(CC)OC(=O)[C@@H]2C)C[C@@]1(C)OC. The summed E-state index contributed by atoms with van der Waals surface area (Å²) in [5, 5.41) is 62.1. The Kier molecular flexibility index (Phi) is 16.2. The van der Waals surface area contributed by atoms with Gasteiger partial charge in [-0.05, 0) is 101 Å². The Morgan fingerprint density at radius 3 is 2.19 bits per heavy atom. The summed E-state index contributed by atoms with van der Waals surface area (Å²) in [5.41, 5.74) is -5.97. The highest BCUT2D eigenvalue weighted by atomic mass is 16.7. The van der Waals surface area contributed by atoms with E-state index in [4.69, 9.17) is 28.4 Å². The molecule has 0 aliphatic carbocycles. The van der Waals surface area contributed by atoms with Crippen molar-refractivity contribution in [1.29, 1.82) is 0 Å². The third kappa shape index (κ3) is 10.0. The second-order valence-electron chi connectivity index (χ2n) is 17.5. The molecular formula is C40H74N2O12. The van der Waals surface area contributed by atoms with Crippen molar-refractivity contribution in [3.8, 4) is 0 Å². The minimum Gasteiger partial charge on any atom is -0.459 e. The number of aliphatic hydroxyl groups is 5. The maximum Gasteiger partial charge on any atom is 0.311 e. The monoisotopic (exact) mass is 775 g/mol. The zero-order chi connectivity index (χ0) is 41.1. The smallest absolute Gasteiger partial charge is 0.311 e. The van der Waals surface area contributed by atoms with Gasteiger partial charge in [0.05, 0.1) is 35.9 Å². The first-order chi connectivity index (χ1) is 24.9. The molecule has 0 bridgehead atoms. The van der Waals surface area contributed by atoms with Crippen molar-refractivity contribution in [2.24, 2.45) is 17.8 Å². The lowest BCUT2D eigenvalue weighted by Crippen LogP contribution is -2.66. The number of carbonyl (C=O) groups excluding carboxylic acids is 1. The average molecular weight is 775 g/mol. The van der Waals surface area contributed by atoms with Crippen molar-refractivity contribution in [1.82, 2.24) is 10.2 Å². The molecule has 3 heterocycles. The number of hydrogen-bond donors (Lipinski definition) is 6. The Bertz CT molecular complexity index is 1220. The molecule has 3 saturated heterocycles. The number of hydrogen-bond acceptors (Lipinski definition) is 14. The van der Waals surface area contributed by atoms with Crippen LogP contribution in [0.15, 0.2) is 12.7 Å². The van der Waals surface area contributed by atoms with E-state index in [0.29, 0.717) is 13.0 Å². The Balaban J connectivity index is 2.18. The summed E-state index contributed by atoms with van der Waals surface area (Å²) in [4.78, 5) is 16.2. The number of aliphatic hydroxyl groups excluding tert-OH is 2. The van der Waals surface area contributed by atoms with Crippen LogP contribution in [-0.2, 0) is 33.2 Å². The molecule has 1 unspecified atom stereocenters. The quantitative estimate of drug-likeness (QED) is 0.148. The van der Waals surface area contributed by atoms with E-state index in [0.717, 1.165) is 0 Å². The number of methoxy groups -OCH3 is 1. The van der Waals surface area contributed by atoms with E-state index in [-0.39, 0.29) is 43.7 Å². The van der Waals surface area contributed by atoms with Gasteiger partial charge in [0.1, 0.15) is 35.1 Å². The van der Waals surface area contributed by atoms with Crippen LogP contribution in [0.4, 0.5) is 0 Å². The van der Waals surface area contributed by atoms with Gasteiger partial charge in [0.2, 0.25) is 0 Å². The number of ether oxygens (including phenoxy) is 6. The van der Waals surface area contributed by atoms with Crippen LogP contribution in [0.25, 0.3) is 0 Å². The van der Waals surface area contributed by atoms with Crippen LogP contribution in [0.5, 0.6) is 0 Å². The molecule has 3 aliphatic heterocycles. The Morgan fingerprint density at radius 2 is 1.63 bits per heavy atom. The summed E-state index contributed by atoms with van der Waals surface area (Å²) in [6.07, 6.45) is -5.83. The molecule has 18 atom stereocenters. The molecule has 3 rings (SSSR count). The summed E-state index contributed by atoms with van der Waals surface area (Å²) in [6.45, 7) is 21.6.